The van der Waals surface area contributed by atoms with Crippen LogP contribution in [0.2, 0.25) is 0 Å². The van der Waals surface area contributed by atoms with E-state index in [1.165, 1.54) is 166 Å². The molecule has 0 bridgehead atoms. The summed E-state index contributed by atoms with van der Waals surface area (Å²) in [5.74, 6) is 0. The Morgan fingerprint density at radius 2 is 0.530 bits per heavy atom. The summed E-state index contributed by atoms with van der Waals surface area (Å²) >= 11 is 0. The van der Waals surface area contributed by atoms with Crippen molar-refractivity contribution in [3.05, 3.63) is 341 Å². The molecule has 1 heterocycles. The third-order valence-corrected chi connectivity index (χ3v) is 19.3. The summed E-state index contributed by atoms with van der Waals surface area (Å²) in [6, 6.07) is 109. The minimum atomic E-state index is -0.423. The maximum atomic E-state index is 2.52. The minimum Gasteiger partial charge on any atom is -0.309 e. The summed E-state index contributed by atoms with van der Waals surface area (Å²) in [6.07, 6.45) is 0. The van der Waals surface area contributed by atoms with Crippen molar-refractivity contribution in [3.63, 3.8) is 0 Å². The number of aryl methyl sites for hydroxylation is 2. The second-order valence-corrected chi connectivity index (χ2v) is 23.6. The Labute approximate surface area is 483 Å². The lowest BCUT2D eigenvalue weighted by molar-refractivity contribution is 0.794. The average Bonchev–Trinajstić information content (AvgIpc) is 1.90. The zero-order valence-corrected chi connectivity index (χ0v) is 46.1. The molecule has 0 unspecified atom stereocenters. The predicted molar refractivity (Wildman–Crippen MR) is 345 cm³/mol. The van der Waals surface area contributed by atoms with Crippen molar-refractivity contribution in [1.82, 2.24) is 4.57 Å². The lowest BCUT2D eigenvalue weighted by Gasteiger charge is -2.30. The molecule has 83 heavy (non-hydrogen) atoms. The van der Waals surface area contributed by atoms with Gasteiger partial charge in [0, 0.05) is 16.5 Å². The average molecular weight is 1050 g/mol. The molecule has 1 heteroatoms. The molecule has 0 amide bonds. The van der Waals surface area contributed by atoms with E-state index in [2.05, 4.69) is 304 Å². The quantitative estimate of drug-likeness (QED) is 0.162. The van der Waals surface area contributed by atoms with E-state index in [4.69, 9.17) is 0 Å². The van der Waals surface area contributed by atoms with Gasteiger partial charge in [0.05, 0.1) is 21.9 Å². The van der Waals surface area contributed by atoms with Gasteiger partial charge in [-0.15, -0.1) is 0 Å². The predicted octanol–water partition coefficient (Wildman–Crippen LogP) is 20.8. The molecule has 0 N–H and O–H groups in total. The molecule has 0 fully saturated rings. The van der Waals surface area contributed by atoms with E-state index >= 15 is 0 Å². The molecule has 0 atom stereocenters. The molecule has 0 radical (unpaired) electrons. The number of aromatic nitrogens is 1. The van der Waals surface area contributed by atoms with Gasteiger partial charge in [-0.2, -0.15) is 0 Å². The van der Waals surface area contributed by atoms with Crippen LogP contribution >= 0.6 is 0 Å². The van der Waals surface area contributed by atoms with Crippen LogP contribution in [0.1, 0.15) is 55.6 Å². The first kappa shape index (κ1) is 46.4. The van der Waals surface area contributed by atoms with Gasteiger partial charge in [0.15, 0.2) is 0 Å². The molecule has 0 saturated carbocycles. The van der Waals surface area contributed by atoms with E-state index in [0.717, 1.165) is 5.69 Å². The number of rotatable bonds is 5. The second-order valence-electron chi connectivity index (χ2n) is 23.6. The largest absolute Gasteiger partial charge is 0.309 e. The first-order valence-corrected chi connectivity index (χ1v) is 29.2. The normalized spacial score (nSPS) is 13.9. The number of hydrogen-bond donors (Lipinski definition) is 0. The van der Waals surface area contributed by atoms with Gasteiger partial charge in [-0.3, -0.25) is 0 Å². The van der Waals surface area contributed by atoms with Crippen molar-refractivity contribution in [2.45, 2.75) is 24.7 Å². The Hall–Kier alpha value is -10.3. The smallest absolute Gasteiger partial charge is 0.0725 e. The van der Waals surface area contributed by atoms with Gasteiger partial charge in [0.2, 0.25) is 0 Å². The molecule has 386 valence electrons. The molecule has 0 saturated heterocycles. The van der Waals surface area contributed by atoms with E-state index in [9.17, 15) is 0 Å². The number of nitrogens with zero attached hydrogens (tertiary/aromatic N) is 1. The first-order valence-electron chi connectivity index (χ1n) is 29.2. The fourth-order valence-electron chi connectivity index (χ4n) is 16.0. The maximum Gasteiger partial charge on any atom is 0.0725 e. The Balaban J connectivity index is 0.830. The van der Waals surface area contributed by atoms with E-state index in [1.807, 2.05) is 0 Å². The van der Waals surface area contributed by atoms with Gasteiger partial charge in [0.25, 0.3) is 0 Å². The van der Waals surface area contributed by atoms with Crippen LogP contribution in [-0.2, 0) is 10.8 Å². The Morgan fingerprint density at radius 3 is 0.928 bits per heavy atom. The van der Waals surface area contributed by atoms with Crippen molar-refractivity contribution < 1.29 is 0 Å². The van der Waals surface area contributed by atoms with Crippen LogP contribution in [-0.4, -0.2) is 4.57 Å². The van der Waals surface area contributed by atoms with Crippen LogP contribution in [0.25, 0.3) is 117 Å². The zero-order valence-electron chi connectivity index (χ0n) is 46.1. The molecule has 2 spiro atoms. The molecule has 13 aromatic carbocycles. The number of fused-ring (bicyclic) bond motifs is 23. The van der Waals surface area contributed by atoms with Crippen molar-refractivity contribution in [2.75, 3.05) is 0 Å². The second kappa shape index (κ2) is 17.1. The third-order valence-electron chi connectivity index (χ3n) is 19.3. The molecule has 18 rings (SSSR count). The SMILES string of the molecule is Cc1cc(C)cc(-c2ccc(-c3cccc(-n4c5ccc(-c6ccc7c(c6)C6(c8ccccc8-c8ccccc86)c6ccccc6-7)cc5c5cc(-c6ccc7c(c6)C6(c8ccccc8-c8ccccc86)c6ccccc6-7)ccc54)c3)cc2)c1. The van der Waals surface area contributed by atoms with Gasteiger partial charge in [-0.25, -0.2) is 0 Å². The minimum absolute atomic E-state index is 0.423. The highest BCUT2D eigenvalue weighted by Gasteiger charge is 2.53. The van der Waals surface area contributed by atoms with Gasteiger partial charge < -0.3 is 4.57 Å². The van der Waals surface area contributed by atoms with Crippen molar-refractivity contribution >= 4 is 21.8 Å². The first-order chi connectivity index (χ1) is 40.9. The van der Waals surface area contributed by atoms with Crippen molar-refractivity contribution in [1.29, 1.82) is 0 Å². The topological polar surface area (TPSA) is 4.93 Å². The summed E-state index contributed by atoms with van der Waals surface area (Å²) in [4.78, 5) is 0. The molecular formula is C82H53N. The Kier molecular flexibility index (Phi) is 9.56. The monoisotopic (exact) mass is 1050 g/mol. The van der Waals surface area contributed by atoms with Crippen molar-refractivity contribution in [3.8, 4) is 94.7 Å². The van der Waals surface area contributed by atoms with Gasteiger partial charge in [-0.05, 0) is 196 Å². The number of benzene rings is 13. The molecule has 0 aliphatic heterocycles. The molecule has 1 aromatic heterocycles. The van der Waals surface area contributed by atoms with E-state index < -0.39 is 10.8 Å². The third kappa shape index (κ3) is 6.26. The lowest BCUT2D eigenvalue weighted by Crippen LogP contribution is -2.25. The summed E-state index contributed by atoms with van der Waals surface area (Å²) in [6.45, 7) is 4.36. The highest BCUT2D eigenvalue weighted by atomic mass is 15.0. The van der Waals surface area contributed by atoms with Crippen LogP contribution in [0.15, 0.2) is 285 Å². The fraction of sp³-hybridized carbons (Fsp3) is 0.0488. The van der Waals surface area contributed by atoms with Crippen LogP contribution in [0.3, 0.4) is 0 Å². The molecule has 4 aliphatic rings. The molecule has 4 aliphatic carbocycles. The van der Waals surface area contributed by atoms with Crippen LogP contribution in [0, 0.1) is 13.8 Å². The number of hydrogen-bond acceptors (Lipinski definition) is 0. The van der Waals surface area contributed by atoms with Crippen molar-refractivity contribution in [2.24, 2.45) is 0 Å². The van der Waals surface area contributed by atoms with Gasteiger partial charge in [0.1, 0.15) is 0 Å². The van der Waals surface area contributed by atoms with Crippen LogP contribution < -0.4 is 0 Å². The Morgan fingerprint density at radius 1 is 0.217 bits per heavy atom. The maximum absolute atomic E-state index is 2.52. The molecule has 1 nitrogen and oxygen atoms in total. The van der Waals surface area contributed by atoms with E-state index in [1.54, 1.807) is 0 Å². The summed E-state index contributed by atoms with van der Waals surface area (Å²) in [7, 11) is 0. The molecule has 14 aromatic rings. The zero-order chi connectivity index (χ0) is 54.7. The van der Waals surface area contributed by atoms with Crippen LogP contribution in [0.5, 0.6) is 0 Å². The van der Waals surface area contributed by atoms with Crippen LogP contribution in [0.4, 0.5) is 0 Å². The van der Waals surface area contributed by atoms with Gasteiger partial charge >= 0.3 is 0 Å². The van der Waals surface area contributed by atoms with E-state index in [-0.39, 0.29) is 0 Å². The highest BCUT2D eigenvalue weighted by Crippen LogP contribution is 2.65. The summed E-state index contributed by atoms with van der Waals surface area (Å²) in [5.41, 5.74) is 36.3. The Bertz CT molecular complexity index is 4720. The van der Waals surface area contributed by atoms with Gasteiger partial charge in [-0.1, -0.05) is 248 Å². The molecular weight excluding hydrogens is 999 g/mol. The lowest BCUT2D eigenvalue weighted by atomic mass is 9.70. The highest BCUT2D eigenvalue weighted by molar-refractivity contribution is 6.12. The fourth-order valence-corrected chi connectivity index (χ4v) is 16.0. The van der Waals surface area contributed by atoms with E-state index in [0.29, 0.717) is 0 Å². The summed E-state index contributed by atoms with van der Waals surface area (Å²) < 4.78 is 2.49. The summed E-state index contributed by atoms with van der Waals surface area (Å²) in [5, 5.41) is 2.45. The standard InChI is InChI=1S/C82H53N/c1-50-42-51(2)44-59(43-50)53-32-30-52(31-33-53)54-16-15-17-60(45-54)83-79-40-36-55(57-34-38-67-65-22-7-13-28-75(65)81(77(67)48-57)71-24-9-3-18-61(71)62-19-4-10-25-72(62)81)46-69(79)70-47-56(37-41-80(70)83)58-35-39-68-66-23-8-14-29-76(66)82(78(68)49-58)73-26-11-5-20-63(73)64-21-6-12-27-74(64)82/h3-49H,1-2H3.